The number of anilines is 1. The Morgan fingerprint density at radius 2 is 1.77 bits per heavy atom. The number of hydrogen-bond acceptors (Lipinski definition) is 3. The van der Waals surface area contributed by atoms with Crippen LogP contribution in [0.5, 0.6) is 0 Å². The molecule has 0 amide bonds. The number of carboxylic acids is 1. The number of rotatable bonds is 7. The van der Waals surface area contributed by atoms with Gasteiger partial charge in [-0.15, -0.1) is 0 Å². The average molecular weight is 464 g/mol. The summed E-state index contributed by atoms with van der Waals surface area (Å²) in [5.74, 6) is -0.950. The summed E-state index contributed by atoms with van der Waals surface area (Å²) >= 11 is 0. The van der Waals surface area contributed by atoms with Gasteiger partial charge in [0.15, 0.2) is 0 Å². The molecular formula is C30H29N3O2. The SMILES string of the molecule is CC/C(=C(/c1ccc(/C=C/C(=O)O)cc1)c1ccc2[nH]ncc2c1)c1cccc(N2CCCC2)c1. The van der Waals surface area contributed by atoms with Crippen LogP contribution in [0.2, 0.25) is 0 Å². The maximum atomic E-state index is 10.9. The van der Waals surface area contributed by atoms with Crippen molar-refractivity contribution in [3.63, 3.8) is 0 Å². The predicted octanol–water partition coefficient (Wildman–Crippen LogP) is 6.63. The number of aliphatic carboxylic acids is 1. The molecule has 0 atom stereocenters. The van der Waals surface area contributed by atoms with Gasteiger partial charge in [0.1, 0.15) is 0 Å². The van der Waals surface area contributed by atoms with Gasteiger partial charge in [0, 0.05) is 30.2 Å². The number of H-pyrrole nitrogens is 1. The van der Waals surface area contributed by atoms with Crippen LogP contribution in [0.3, 0.4) is 0 Å². The monoisotopic (exact) mass is 463 g/mol. The van der Waals surface area contributed by atoms with Gasteiger partial charge in [-0.2, -0.15) is 5.10 Å². The van der Waals surface area contributed by atoms with Gasteiger partial charge >= 0.3 is 5.97 Å². The minimum absolute atomic E-state index is 0.856. The molecular weight excluding hydrogens is 434 g/mol. The van der Waals surface area contributed by atoms with E-state index in [-0.39, 0.29) is 0 Å². The Morgan fingerprint density at radius 1 is 1.00 bits per heavy atom. The number of benzene rings is 3. The van der Waals surface area contributed by atoms with Gasteiger partial charge in [0.05, 0.1) is 11.7 Å². The van der Waals surface area contributed by atoms with Crippen molar-refractivity contribution in [2.75, 3.05) is 18.0 Å². The van der Waals surface area contributed by atoms with E-state index < -0.39 is 5.97 Å². The van der Waals surface area contributed by atoms with Crippen LogP contribution in [0.25, 0.3) is 28.1 Å². The summed E-state index contributed by atoms with van der Waals surface area (Å²) in [6, 6.07) is 23.4. The molecule has 5 heteroatoms. The first kappa shape index (κ1) is 22.7. The van der Waals surface area contributed by atoms with Crippen molar-refractivity contribution >= 4 is 39.8 Å². The molecule has 2 N–H and O–H groups in total. The summed E-state index contributed by atoms with van der Waals surface area (Å²) in [5.41, 5.74) is 9.08. The average Bonchev–Trinajstić information content (AvgIpc) is 3.58. The van der Waals surface area contributed by atoms with E-state index in [1.54, 1.807) is 6.08 Å². The lowest BCUT2D eigenvalue weighted by molar-refractivity contribution is -0.131. The smallest absolute Gasteiger partial charge is 0.328 e. The second kappa shape index (κ2) is 10.0. The lowest BCUT2D eigenvalue weighted by Gasteiger charge is -2.21. The third-order valence-electron chi connectivity index (χ3n) is 6.67. The fraction of sp³-hybridized carbons (Fsp3) is 0.200. The molecule has 0 saturated carbocycles. The molecule has 35 heavy (non-hydrogen) atoms. The first-order valence-corrected chi connectivity index (χ1v) is 12.2. The van der Waals surface area contributed by atoms with Crippen molar-refractivity contribution in [1.82, 2.24) is 10.2 Å². The second-order valence-corrected chi connectivity index (χ2v) is 8.92. The normalized spacial score (nSPS) is 14.6. The highest BCUT2D eigenvalue weighted by molar-refractivity contribution is 6.00. The van der Waals surface area contributed by atoms with Crippen molar-refractivity contribution < 1.29 is 9.90 Å². The van der Waals surface area contributed by atoms with Crippen LogP contribution in [-0.4, -0.2) is 34.4 Å². The predicted molar refractivity (Wildman–Crippen MR) is 143 cm³/mol. The Balaban J connectivity index is 1.66. The van der Waals surface area contributed by atoms with E-state index in [9.17, 15) is 4.79 Å². The van der Waals surface area contributed by atoms with Gasteiger partial charge in [-0.25, -0.2) is 4.79 Å². The Labute approximate surface area is 205 Å². The topological polar surface area (TPSA) is 69.2 Å². The van der Waals surface area contributed by atoms with Crippen LogP contribution < -0.4 is 4.90 Å². The van der Waals surface area contributed by atoms with Crippen LogP contribution in [0.4, 0.5) is 5.69 Å². The number of hydrogen-bond donors (Lipinski definition) is 2. The second-order valence-electron chi connectivity index (χ2n) is 8.92. The summed E-state index contributed by atoms with van der Waals surface area (Å²) in [7, 11) is 0. The van der Waals surface area contributed by atoms with Gasteiger partial charge in [-0.05, 0) is 83.0 Å². The highest BCUT2D eigenvalue weighted by Crippen LogP contribution is 2.37. The zero-order valence-corrected chi connectivity index (χ0v) is 19.9. The highest BCUT2D eigenvalue weighted by Gasteiger charge is 2.17. The molecule has 176 valence electrons. The number of nitrogens with zero attached hydrogens (tertiary/aromatic N) is 2. The van der Waals surface area contributed by atoms with E-state index in [1.165, 1.54) is 41.3 Å². The lowest BCUT2D eigenvalue weighted by atomic mass is 9.87. The highest BCUT2D eigenvalue weighted by atomic mass is 16.4. The summed E-state index contributed by atoms with van der Waals surface area (Å²) in [6.07, 6.45) is 8.02. The lowest BCUT2D eigenvalue weighted by Crippen LogP contribution is -2.17. The number of aromatic nitrogens is 2. The molecule has 4 aromatic rings. The summed E-state index contributed by atoms with van der Waals surface area (Å²) in [5, 5.41) is 17.3. The molecule has 0 radical (unpaired) electrons. The third kappa shape index (κ3) is 4.90. The number of allylic oxidation sites excluding steroid dienone is 1. The van der Waals surface area contributed by atoms with E-state index in [0.29, 0.717) is 0 Å². The minimum atomic E-state index is -0.950. The molecule has 1 aliphatic rings. The van der Waals surface area contributed by atoms with Crippen molar-refractivity contribution in [1.29, 1.82) is 0 Å². The standard InChI is InChI=1S/C30H29N3O2/c1-2-27(23-6-5-7-26(19-23)33-16-3-4-17-33)30(24-13-14-28-25(18-24)20-31-32-28)22-11-8-21(9-12-22)10-15-29(34)35/h5-15,18-20H,2-4,16-17H2,1H3,(H,31,32)(H,34,35)/b15-10+,30-27+. The molecule has 5 rings (SSSR count). The van der Waals surface area contributed by atoms with Crippen LogP contribution in [0, 0.1) is 0 Å². The van der Waals surface area contributed by atoms with Crippen molar-refractivity contribution in [2.45, 2.75) is 26.2 Å². The minimum Gasteiger partial charge on any atom is -0.478 e. The molecule has 3 aromatic carbocycles. The number of nitrogens with one attached hydrogen (secondary N) is 1. The van der Waals surface area contributed by atoms with Crippen molar-refractivity contribution in [2.24, 2.45) is 0 Å². The van der Waals surface area contributed by atoms with Crippen LogP contribution >= 0.6 is 0 Å². The van der Waals surface area contributed by atoms with Gasteiger partial charge in [0.2, 0.25) is 0 Å². The first-order valence-electron chi connectivity index (χ1n) is 12.2. The number of carboxylic acid groups (broad SMARTS) is 1. The molecule has 0 unspecified atom stereocenters. The van der Waals surface area contributed by atoms with E-state index in [1.807, 2.05) is 18.3 Å². The van der Waals surface area contributed by atoms with E-state index in [4.69, 9.17) is 5.11 Å². The third-order valence-corrected chi connectivity index (χ3v) is 6.67. The van der Waals surface area contributed by atoms with Crippen LogP contribution in [-0.2, 0) is 4.79 Å². The summed E-state index contributed by atoms with van der Waals surface area (Å²) in [6.45, 7) is 4.44. The molecule has 0 bridgehead atoms. The van der Waals surface area contributed by atoms with Crippen LogP contribution in [0.15, 0.2) is 79.0 Å². The molecule has 0 aliphatic carbocycles. The molecule has 0 spiro atoms. The Hall–Kier alpha value is -4.12. The Bertz CT molecular complexity index is 1410. The van der Waals surface area contributed by atoms with E-state index >= 15 is 0 Å². The summed E-state index contributed by atoms with van der Waals surface area (Å²) < 4.78 is 0. The number of aromatic amines is 1. The molecule has 2 heterocycles. The maximum absolute atomic E-state index is 10.9. The van der Waals surface area contributed by atoms with Gasteiger partial charge in [-0.3, -0.25) is 5.10 Å². The first-order chi connectivity index (χ1) is 17.1. The largest absolute Gasteiger partial charge is 0.478 e. The Morgan fingerprint density at radius 3 is 2.51 bits per heavy atom. The van der Waals surface area contributed by atoms with Crippen molar-refractivity contribution in [3.8, 4) is 0 Å². The van der Waals surface area contributed by atoms with Crippen molar-refractivity contribution in [3.05, 3.63) is 101 Å². The maximum Gasteiger partial charge on any atom is 0.328 e. The van der Waals surface area contributed by atoms with E-state index in [0.717, 1.165) is 47.1 Å². The molecule has 1 aliphatic heterocycles. The fourth-order valence-electron chi connectivity index (χ4n) is 4.93. The fourth-order valence-corrected chi connectivity index (χ4v) is 4.93. The summed E-state index contributed by atoms with van der Waals surface area (Å²) in [4.78, 5) is 13.4. The molecule has 1 saturated heterocycles. The van der Waals surface area contributed by atoms with Gasteiger partial charge in [-0.1, -0.05) is 49.4 Å². The van der Waals surface area contributed by atoms with Gasteiger partial charge in [0.25, 0.3) is 0 Å². The van der Waals surface area contributed by atoms with Gasteiger partial charge < -0.3 is 10.0 Å². The van der Waals surface area contributed by atoms with E-state index in [2.05, 4.69) is 76.6 Å². The number of carbonyl (C=O) groups is 1. The molecule has 1 fully saturated rings. The zero-order valence-electron chi connectivity index (χ0n) is 19.9. The molecule has 5 nitrogen and oxygen atoms in total. The quantitative estimate of drug-likeness (QED) is 0.238. The van der Waals surface area contributed by atoms with Crippen LogP contribution in [0.1, 0.15) is 48.4 Å². The Kier molecular flexibility index (Phi) is 6.49. The molecule has 1 aromatic heterocycles. The number of fused-ring (bicyclic) bond motifs is 1. The zero-order chi connectivity index (χ0) is 24.2.